The van der Waals surface area contributed by atoms with Gasteiger partial charge in [-0.25, -0.2) is 13.2 Å². The molecular weight excluding hydrogens is 442 g/mol. The highest BCUT2D eigenvalue weighted by atomic mass is 32.2. The van der Waals surface area contributed by atoms with E-state index in [1.807, 2.05) is 0 Å². The average Bonchev–Trinajstić information content (AvgIpc) is 3.41. The van der Waals surface area contributed by atoms with Crippen LogP contribution in [0.4, 0.5) is 5.69 Å². The molecule has 0 radical (unpaired) electrons. The molecule has 0 spiro atoms. The van der Waals surface area contributed by atoms with Gasteiger partial charge in [0.25, 0.3) is 5.56 Å². The molecule has 0 unspecified atom stereocenters. The molecule has 2 N–H and O–H groups in total. The molecular formula is C24H31N3O5S. The van der Waals surface area contributed by atoms with Gasteiger partial charge in [-0.1, -0.05) is 32.3 Å². The Bertz CT molecular complexity index is 1260. The number of hydrogen-bond acceptors (Lipinski definition) is 5. The number of nitrogens with one attached hydrogen (secondary N) is 2. The molecule has 9 heteroatoms. The first-order valence-electron chi connectivity index (χ1n) is 11.8. The molecule has 2 aliphatic rings. The van der Waals surface area contributed by atoms with Crippen LogP contribution in [0.15, 0.2) is 26.7 Å². The number of carbonyl (C=O) groups is 1. The molecule has 0 bridgehead atoms. The number of H-pyrrole nitrogens is 1. The van der Waals surface area contributed by atoms with Crippen molar-refractivity contribution in [3.05, 3.63) is 55.4 Å². The lowest BCUT2D eigenvalue weighted by Crippen LogP contribution is -2.35. The number of sulfone groups is 1. The molecule has 178 valence electrons. The lowest BCUT2D eigenvalue weighted by Gasteiger charge is -2.16. The summed E-state index contributed by atoms with van der Waals surface area (Å²) in [6, 6.07) is 2.24. The summed E-state index contributed by atoms with van der Waals surface area (Å²) in [5.74, 6) is -1.51. The van der Waals surface area contributed by atoms with Crippen LogP contribution in [0.2, 0.25) is 0 Å². The van der Waals surface area contributed by atoms with Crippen LogP contribution in [-0.2, 0) is 46.9 Å². The zero-order chi connectivity index (χ0) is 23.6. The molecule has 1 heterocycles. The number of aromatic nitrogens is 2. The molecule has 0 saturated carbocycles. The molecule has 2 aromatic rings. The molecule has 2 aliphatic carbocycles. The first kappa shape index (κ1) is 23.5. The average molecular weight is 474 g/mol. The maximum atomic E-state index is 13.0. The van der Waals surface area contributed by atoms with Crippen molar-refractivity contribution in [1.29, 1.82) is 0 Å². The van der Waals surface area contributed by atoms with Gasteiger partial charge in [0.05, 0.1) is 0 Å². The van der Waals surface area contributed by atoms with Gasteiger partial charge in [-0.3, -0.25) is 19.1 Å². The summed E-state index contributed by atoms with van der Waals surface area (Å²) in [4.78, 5) is 38.8. The van der Waals surface area contributed by atoms with Crippen molar-refractivity contribution in [3.8, 4) is 0 Å². The second-order valence-electron chi connectivity index (χ2n) is 9.05. The van der Waals surface area contributed by atoms with Crippen molar-refractivity contribution < 1.29 is 13.2 Å². The summed E-state index contributed by atoms with van der Waals surface area (Å²) in [6.45, 7) is 2.38. The third-order valence-electron chi connectivity index (χ3n) is 6.62. The van der Waals surface area contributed by atoms with Crippen LogP contribution in [0.5, 0.6) is 0 Å². The first-order valence-corrected chi connectivity index (χ1v) is 13.5. The largest absolute Gasteiger partial charge is 0.328 e. The molecule has 0 saturated heterocycles. The third kappa shape index (κ3) is 4.98. The van der Waals surface area contributed by atoms with Crippen molar-refractivity contribution >= 4 is 21.4 Å². The van der Waals surface area contributed by atoms with E-state index in [2.05, 4.69) is 23.3 Å². The molecule has 1 aromatic heterocycles. The molecule has 0 aliphatic heterocycles. The van der Waals surface area contributed by atoms with E-state index in [0.29, 0.717) is 13.0 Å². The third-order valence-corrected chi connectivity index (χ3v) is 8.23. The van der Waals surface area contributed by atoms with Gasteiger partial charge in [0.1, 0.15) is 10.6 Å². The fourth-order valence-electron chi connectivity index (χ4n) is 4.98. The Morgan fingerprint density at radius 1 is 1.03 bits per heavy atom. The number of nitrogens with zero attached hydrogens (tertiary/aromatic N) is 1. The van der Waals surface area contributed by atoms with Gasteiger partial charge in [0.15, 0.2) is 9.84 Å². The standard InChI is InChI=1S/C24H31N3O5S/c1-2-3-4-5-12-27-14-20(23(29)26-24(27)30)33(31,32)15-21(28)25-22-18-10-6-8-16(18)13-17-9-7-11-19(17)22/h13-14H,2-12,15H2,1H3,(H,25,28)(H,26,29,30). The number of amides is 1. The SMILES string of the molecule is CCCCCCn1cc(S(=O)(=O)CC(=O)Nc2c3c(cc4c2CCC4)CCC3)c(=O)[nH]c1=O. The maximum Gasteiger partial charge on any atom is 0.328 e. The zero-order valence-corrected chi connectivity index (χ0v) is 19.9. The molecule has 4 rings (SSSR count). The highest BCUT2D eigenvalue weighted by Crippen LogP contribution is 2.38. The van der Waals surface area contributed by atoms with E-state index in [0.717, 1.165) is 80.8 Å². The summed E-state index contributed by atoms with van der Waals surface area (Å²) >= 11 is 0. The smallest absolute Gasteiger partial charge is 0.325 e. The number of anilines is 1. The van der Waals surface area contributed by atoms with Crippen molar-refractivity contribution in [2.45, 2.75) is 82.6 Å². The molecule has 8 nitrogen and oxygen atoms in total. The molecule has 1 amide bonds. The minimum Gasteiger partial charge on any atom is -0.325 e. The number of unbranched alkanes of at least 4 members (excludes halogenated alkanes) is 3. The fourth-order valence-corrected chi connectivity index (χ4v) is 6.17. The van der Waals surface area contributed by atoms with E-state index in [9.17, 15) is 22.8 Å². The highest BCUT2D eigenvalue weighted by Gasteiger charge is 2.28. The summed E-state index contributed by atoms with van der Waals surface area (Å²) in [6.07, 6.45) is 10.4. The Morgan fingerprint density at radius 3 is 2.33 bits per heavy atom. The number of benzene rings is 1. The number of rotatable bonds is 9. The van der Waals surface area contributed by atoms with Crippen molar-refractivity contribution in [3.63, 3.8) is 0 Å². The second-order valence-corrected chi connectivity index (χ2v) is 11.0. The Balaban J connectivity index is 1.55. The lowest BCUT2D eigenvalue weighted by atomic mass is 9.98. The van der Waals surface area contributed by atoms with E-state index < -0.39 is 37.6 Å². The Morgan fingerprint density at radius 2 is 1.70 bits per heavy atom. The maximum absolute atomic E-state index is 13.0. The second kappa shape index (κ2) is 9.67. The minimum atomic E-state index is -4.23. The van der Waals surface area contributed by atoms with Gasteiger partial charge in [0.2, 0.25) is 5.91 Å². The van der Waals surface area contributed by atoms with Crippen molar-refractivity contribution in [2.24, 2.45) is 0 Å². The fraction of sp³-hybridized carbons (Fsp3) is 0.542. The van der Waals surface area contributed by atoms with Gasteiger partial charge in [-0.05, 0) is 67.2 Å². The van der Waals surface area contributed by atoms with Crippen molar-refractivity contribution in [1.82, 2.24) is 9.55 Å². The Labute approximate surface area is 193 Å². The van der Waals surface area contributed by atoms with Crippen LogP contribution < -0.4 is 16.6 Å². The summed E-state index contributed by atoms with van der Waals surface area (Å²) < 4.78 is 27.1. The topological polar surface area (TPSA) is 118 Å². The Hall–Kier alpha value is -2.68. The predicted molar refractivity (Wildman–Crippen MR) is 127 cm³/mol. The zero-order valence-electron chi connectivity index (χ0n) is 19.0. The van der Waals surface area contributed by atoms with Crippen LogP contribution in [0.25, 0.3) is 0 Å². The monoisotopic (exact) mass is 473 g/mol. The summed E-state index contributed by atoms with van der Waals surface area (Å²) in [5, 5.41) is 2.86. The number of fused-ring (bicyclic) bond motifs is 2. The molecule has 0 atom stereocenters. The van der Waals surface area contributed by atoms with Gasteiger partial charge in [-0.2, -0.15) is 0 Å². The van der Waals surface area contributed by atoms with Crippen LogP contribution >= 0.6 is 0 Å². The van der Waals surface area contributed by atoms with E-state index in [1.165, 1.54) is 15.7 Å². The number of carbonyl (C=O) groups excluding carboxylic acids is 1. The quantitative estimate of drug-likeness (QED) is 0.543. The van der Waals surface area contributed by atoms with E-state index in [1.54, 1.807) is 0 Å². The summed E-state index contributed by atoms with van der Waals surface area (Å²) in [7, 11) is -4.23. The first-order chi connectivity index (χ1) is 15.8. The van der Waals surface area contributed by atoms with Crippen LogP contribution in [0.3, 0.4) is 0 Å². The molecule has 1 aromatic carbocycles. The van der Waals surface area contributed by atoms with Crippen LogP contribution in [0, 0.1) is 0 Å². The van der Waals surface area contributed by atoms with E-state index in [-0.39, 0.29) is 0 Å². The van der Waals surface area contributed by atoms with Crippen LogP contribution in [-0.4, -0.2) is 29.6 Å². The van der Waals surface area contributed by atoms with Gasteiger partial charge in [-0.15, -0.1) is 0 Å². The molecule has 33 heavy (non-hydrogen) atoms. The minimum absolute atomic E-state index is 0.312. The number of aromatic amines is 1. The predicted octanol–water partition coefficient (Wildman–Crippen LogP) is 2.51. The number of hydrogen-bond donors (Lipinski definition) is 2. The van der Waals surface area contributed by atoms with Crippen molar-refractivity contribution in [2.75, 3.05) is 11.1 Å². The molecule has 0 fully saturated rings. The van der Waals surface area contributed by atoms with Gasteiger partial charge >= 0.3 is 5.69 Å². The lowest BCUT2D eigenvalue weighted by molar-refractivity contribution is -0.113. The highest BCUT2D eigenvalue weighted by molar-refractivity contribution is 7.92. The van der Waals surface area contributed by atoms with E-state index >= 15 is 0 Å². The van der Waals surface area contributed by atoms with Crippen LogP contribution in [0.1, 0.15) is 67.7 Å². The summed E-state index contributed by atoms with van der Waals surface area (Å²) in [5.41, 5.74) is 3.84. The van der Waals surface area contributed by atoms with Gasteiger partial charge < -0.3 is 5.32 Å². The van der Waals surface area contributed by atoms with E-state index in [4.69, 9.17) is 0 Å². The number of aryl methyl sites for hydroxylation is 3. The Kier molecular flexibility index (Phi) is 6.88. The normalized spacial score (nSPS) is 14.8. The van der Waals surface area contributed by atoms with Gasteiger partial charge in [0, 0.05) is 18.4 Å².